The Balaban J connectivity index is 2.25. The summed E-state index contributed by atoms with van der Waals surface area (Å²) in [6, 6.07) is 3.72. The molecular formula is C16H21F2NO3S. The predicted octanol–water partition coefficient (Wildman–Crippen LogP) is 2.33. The first-order chi connectivity index (χ1) is 10.7. The van der Waals surface area contributed by atoms with Crippen LogP contribution in [0.1, 0.15) is 38.2 Å². The van der Waals surface area contributed by atoms with E-state index in [-0.39, 0.29) is 12.1 Å². The molecule has 1 aliphatic carbocycles. The van der Waals surface area contributed by atoms with E-state index in [4.69, 9.17) is 0 Å². The van der Waals surface area contributed by atoms with Gasteiger partial charge in [-0.15, -0.1) is 0 Å². The lowest BCUT2D eigenvalue weighted by molar-refractivity contribution is -0.120. The topological polar surface area (TPSA) is 63.2 Å². The molecule has 0 unspecified atom stereocenters. The Morgan fingerprint density at radius 3 is 2.26 bits per heavy atom. The fourth-order valence-electron chi connectivity index (χ4n) is 3.17. The van der Waals surface area contributed by atoms with Gasteiger partial charge < -0.3 is 5.32 Å². The van der Waals surface area contributed by atoms with Crippen molar-refractivity contribution in [2.75, 3.05) is 12.8 Å². The Hall–Kier alpha value is -1.50. The van der Waals surface area contributed by atoms with Crippen molar-refractivity contribution in [2.24, 2.45) is 0 Å². The number of sulfone groups is 1. The molecule has 1 aliphatic rings. The third-order valence-electron chi connectivity index (χ3n) is 4.67. The van der Waals surface area contributed by atoms with E-state index in [1.165, 1.54) is 25.1 Å². The number of hydrogen-bond acceptors (Lipinski definition) is 3. The number of hydrogen-bond donors (Lipinski definition) is 1. The van der Waals surface area contributed by atoms with Gasteiger partial charge in [-0.3, -0.25) is 4.79 Å². The van der Waals surface area contributed by atoms with Crippen molar-refractivity contribution in [2.45, 2.75) is 43.3 Å². The summed E-state index contributed by atoms with van der Waals surface area (Å²) < 4.78 is 51.2. The molecule has 0 heterocycles. The van der Waals surface area contributed by atoms with Crippen LogP contribution in [0.2, 0.25) is 0 Å². The number of benzene rings is 1. The second-order valence-electron chi connectivity index (χ2n) is 6.27. The first-order valence-electron chi connectivity index (χ1n) is 7.58. The van der Waals surface area contributed by atoms with Crippen LogP contribution in [-0.2, 0) is 20.0 Å². The Morgan fingerprint density at radius 2 is 1.78 bits per heavy atom. The number of carbonyl (C=O) groups is 1. The van der Waals surface area contributed by atoms with Crippen LogP contribution in [0.3, 0.4) is 0 Å². The van der Waals surface area contributed by atoms with Gasteiger partial charge in [0, 0.05) is 23.8 Å². The largest absolute Gasteiger partial charge is 0.354 e. The molecule has 0 bridgehead atoms. The lowest BCUT2D eigenvalue weighted by atomic mass is 9.78. The summed E-state index contributed by atoms with van der Waals surface area (Å²) in [7, 11) is -3.51. The molecule has 1 amide bonds. The van der Waals surface area contributed by atoms with E-state index in [1.807, 2.05) is 0 Å². The minimum atomic E-state index is -3.51. The van der Waals surface area contributed by atoms with Gasteiger partial charge in [-0.05, 0) is 31.9 Å². The molecule has 1 aromatic carbocycles. The van der Waals surface area contributed by atoms with Crippen LogP contribution in [0.5, 0.6) is 0 Å². The van der Waals surface area contributed by atoms with Crippen LogP contribution < -0.4 is 5.32 Å². The number of rotatable bonds is 5. The summed E-state index contributed by atoms with van der Waals surface area (Å²) in [6.07, 6.45) is 3.71. The van der Waals surface area contributed by atoms with Crippen molar-refractivity contribution >= 4 is 15.7 Å². The fraction of sp³-hybridized carbons (Fsp3) is 0.562. The molecule has 1 saturated carbocycles. The van der Waals surface area contributed by atoms with Crippen molar-refractivity contribution in [1.29, 1.82) is 0 Å². The standard InChI is InChI=1S/C16H21F2NO3S/c1-11(23(2,21)22)15(20)19-10-16(8-3-4-9-16)14-12(17)6-5-7-13(14)18/h5-7,11H,3-4,8-10H2,1-2H3,(H,19,20)/t11-/m0/s1. The molecule has 0 aromatic heterocycles. The van der Waals surface area contributed by atoms with Crippen LogP contribution >= 0.6 is 0 Å². The Labute approximate surface area is 135 Å². The predicted molar refractivity (Wildman–Crippen MR) is 83.8 cm³/mol. The van der Waals surface area contributed by atoms with Gasteiger partial charge >= 0.3 is 0 Å². The van der Waals surface area contributed by atoms with E-state index < -0.39 is 38.0 Å². The summed E-state index contributed by atoms with van der Waals surface area (Å²) >= 11 is 0. The van der Waals surface area contributed by atoms with E-state index in [0.717, 1.165) is 19.1 Å². The number of halogens is 2. The van der Waals surface area contributed by atoms with Crippen molar-refractivity contribution in [3.8, 4) is 0 Å². The minimum Gasteiger partial charge on any atom is -0.354 e. The number of amides is 1. The molecule has 128 valence electrons. The zero-order valence-corrected chi connectivity index (χ0v) is 14.1. The van der Waals surface area contributed by atoms with Crippen molar-refractivity contribution in [3.05, 3.63) is 35.4 Å². The average Bonchev–Trinajstić information content (AvgIpc) is 2.92. The summed E-state index contributed by atoms with van der Waals surface area (Å²) in [6.45, 7) is 1.33. The molecule has 23 heavy (non-hydrogen) atoms. The highest BCUT2D eigenvalue weighted by Crippen LogP contribution is 2.42. The number of nitrogens with one attached hydrogen (secondary N) is 1. The summed E-state index contributed by atoms with van der Waals surface area (Å²) in [5, 5.41) is 1.38. The van der Waals surface area contributed by atoms with Gasteiger partial charge in [0.2, 0.25) is 5.91 Å². The fourth-order valence-corrected chi connectivity index (χ4v) is 3.64. The first-order valence-corrected chi connectivity index (χ1v) is 9.54. The van der Waals surface area contributed by atoms with Gasteiger partial charge in [0.1, 0.15) is 16.9 Å². The van der Waals surface area contributed by atoms with E-state index in [0.29, 0.717) is 12.8 Å². The zero-order chi connectivity index (χ0) is 17.3. The second-order valence-corrected chi connectivity index (χ2v) is 8.64. The van der Waals surface area contributed by atoms with E-state index in [9.17, 15) is 22.0 Å². The summed E-state index contributed by atoms with van der Waals surface area (Å²) in [5.41, 5.74) is -0.827. The Bertz CT molecular complexity index is 677. The average molecular weight is 345 g/mol. The molecule has 1 fully saturated rings. The van der Waals surface area contributed by atoms with Crippen molar-refractivity contribution in [3.63, 3.8) is 0 Å². The monoisotopic (exact) mass is 345 g/mol. The molecule has 1 N–H and O–H groups in total. The van der Waals surface area contributed by atoms with Crippen LogP contribution in [-0.4, -0.2) is 32.4 Å². The molecule has 7 heteroatoms. The Morgan fingerprint density at radius 1 is 1.26 bits per heavy atom. The molecular weight excluding hydrogens is 324 g/mol. The molecule has 1 atom stereocenters. The maximum Gasteiger partial charge on any atom is 0.238 e. The molecule has 0 radical (unpaired) electrons. The first kappa shape index (κ1) is 17.8. The van der Waals surface area contributed by atoms with Crippen molar-refractivity contribution in [1.82, 2.24) is 5.32 Å². The quantitative estimate of drug-likeness (QED) is 0.891. The minimum absolute atomic E-state index is 0.00944. The summed E-state index contributed by atoms with van der Waals surface area (Å²) in [5.74, 6) is -1.90. The van der Waals surface area contributed by atoms with E-state index in [2.05, 4.69) is 5.32 Å². The molecule has 0 spiro atoms. The van der Waals surface area contributed by atoms with Gasteiger partial charge in [-0.1, -0.05) is 18.9 Å². The lowest BCUT2D eigenvalue weighted by Gasteiger charge is -2.31. The van der Waals surface area contributed by atoms with E-state index in [1.54, 1.807) is 0 Å². The van der Waals surface area contributed by atoms with Crippen LogP contribution in [0.15, 0.2) is 18.2 Å². The maximum absolute atomic E-state index is 14.2. The van der Waals surface area contributed by atoms with Gasteiger partial charge in [0.15, 0.2) is 9.84 Å². The molecule has 4 nitrogen and oxygen atoms in total. The maximum atomic E-state index is 14.2. The second kappa shape index (κ2) is 6.55. The Kier molecular flexibility index (Phi) is 5.08. The normalized spacial score (nSPS) is 18.6. The van der Waals surface area contributed by atoms with Crippen molar-refractivity contribution < 1.29 is 22.0 Å². The number of carbonyl (C=O) groups excluding carboxylic acids is 1. The molecule has 2 rings (SSSR count). The summed E-state index contributed by atoms with van der Waals surface area (Å²) in [4.78, 5) is 12.0. The highest BCUT2D eigenvalue weighted by atomic mass is 32.2. The van der Waals surface area contributed by atoms with Gasteiger partial charge in [-0.25, -0.2) is 17.2 Å². The SMILES string of the molecule is C[C@@H](C(=O)NCC1(c2c(F)cccc2F)CCCC1)S(C)(=O)=O. The van der Waals surface area contributed by atoms with E-state index >= 15 is 0 Å². The van der Waals surface area contributed by atoms with Crippen LogP contribution in [0.4, 0.5) is 8.78 Å². The van der Waals surface area contributed by atoms with Crippen LogP contribution in [0.25, 0.3) is 0 Å². The molecule has 1 aromatic rings. The van der Waals surface area contributed by atoms with Crippen LogP contribution in [0, 0.1) is 11.6 Å². The smallest absolute Gasteiger partial charge is 0.238 e. The lowest BCUT2D eigenvalue weighted by Crippen LogP contribution is -2.45. The third kappa shape index (κ3) is 3.71. The highest BCUT2D eigenvalue weighted by Gasteiger charge is 2.40. The molecule has 0 saturated heterocycles. The van der Waals surface area contributed by atoms with Gasteiger partial charge in [0.05, 0.1) is 0 Å². The molecule has 0 aliphatic heterocycles. The third-order valence-corrected chi connectivity index (χ3v) is 6.16. The highest BCUT2D eigenvalue weighted by molar-refractivity contribution is 7.92. The van der Waals surface area contributed by atoms with Gasteiger partial charge in [0.25, 0.3) is 0 Å². The zero-order valence-electron chi connectivity index (χ0n) is 13.2. The van der Waals surface area contributed by atoms with Gasteiger partial charge in [-0.2, -0.15) is 0 Å².